The van der Waals surface area contributed by atoms with Gasteiger partial charge in [0.2, 0.25) is 0 Å². The molecule has 1 aliphatic carbocycles. The lowest BCUT2D eigenvalue weighted by atomic mass is 10.1. The summed E-state index contributed by atoms with van der Waals surface area (Å²) in [7, 11) is 0. The molecule has 3 nitrogen and oxygen atoms in total. The number of nitrogens with two attached hydrogens (primary N) is 1. The van der Waals surface area contributed by atoms with Gasteiger partial charge in [-0.2, -0.15) is 0 Å². The summed E-state index contributed by atoms with van der Waals surface area (Å²) in [4.78, 5) is 6.92. The van der Waals surface area contributed by atoms with Gasteiger partial charge in [-0.1, -0.05) is 0 Å². The molecule has 0 radical (unpaired) electrons. The predicted molar refractivity (Wildman–Crippen MR) is 70.2 cm³/mol. The first-order valence-electron chi connectivity index (χ1n) is 6.74. The van der Waals surface area contributed by atoms with Crippen LogP contribution in [0.4, 0.5) is 5.69 Å². The molecule has 1 aromatic rings. The lowest BCUT2D eigenvalue weighted by molar-refractivity contribution is 0.603. The van der Waals surface area contributed by atoms with Crippen molar-refractivity contribution in [2.45, 2.75) is 44.1 Å². The fourth-order valence-corrected chi connectivity index (χ4v) is 2.56. The van der Waals surface area contributed by atoms with Crippen molar-refractivity contribution in [2.24, 2.45) is 5.73 Å². The van der Waals surface area contributed by atoms with Crippen LogP contribution in [0.2, 0.25) is 0 Å². The molecule has 2 aliphatic rings. The zero-order valence-corrected chi connectivity index (χ0v) is 10.4. The van der Waals surface area contributed by atoms with E-state index in [4.69, 9.17) is 5.73 Å². The Morgan fingerprint density at radius 2 is 2.06 bits per heavy atom. The van der Waals surface area contributed by atoms with E-state index in [0.29, 0.717) is 0 Å². The van der Waals surface area contributed by atoms with E-state index in [1.807, 2.05) is 6.20 Å². The zero-order valence-electron chi connectivity index (χ0n) is 10.4. The van der Waals surface area contributed by atoms with E-state index in [1.54, 1.807) is 0 Å². The van der Waals surface area contributed by atoms with Crippen molar-refractivity contribution in [3.63, 3.8) is 0 Å². The summed E-state index contributed by atoms with van der Waals surface area (Å²) in [5, 5.41) is 0. The topological polar surface area (TPSA) is 42.1 Å². The molecule has 0 amide bonds. The van der Waals surface area contributed by atoms with Gasteiger partial charge in [-0.15, -0.1) is 0 Å². The van der Waals surface area contributed by atoms with Crippen LogP contribution in [0.25, 0.3) is 0 Å². The number of hydrogen-bond donors (Lipinski definition) is 1. The van der Waals surface area contributed by atoms with Crippen molar-refractivity contribution < 1.29 is 0 Å². The maximum absolute atomic E-state index is 6.12. The maximum atomic E-state index is 6.12. The van der Waals surface area contributed by atoms with Crippen LogP contribution in [0.3, 0.4) is 0 Å². The van der Waals surface area contributed by atoms with Crippen LogP contribution < -0.4 is 10.6 Å². The van der Waals surface area contributed by atoms with E-state index < -0.39 is 0 Å². The van der Waals surface area contributed by atoms with Gasteiger partial charge >= 0.3 is 0 Å². The van der Waals surface area contributed by atoms with E-state index in [0.717, 1.165) is 12.8 Å². The average molecular weight is 231 g/mol. The number of nitrogens with zero attached hydrogens (tertiary/aromatic N) is 2. The Balaban J connectivity index is 1.65. The summed E-state index contributed by atoms with van der Waals surface area (Å²) in [6, 6.07) is 4.38. The number of hydrogen-bond acceptors (Lipinski definition) is 3. The molecule has 3 heteroatoms. The maximum Gasteiger partial charge on any atom is 0.0424 e. The van der Waals surface area contributed by atoms with E-state index in [2.05, 4.69) is 22.0 Å². The third-order valence-corrected chi connectivity index (χ3v) is 4.04. The fraction of sp³-hybridized carbons (Fsp3) is 0.643. The summed E-state index contributed by atoms with van der Waals surface area (Å²) in [5.41, 5.74) is 8.80. The van der Waals surface area contributed by atoms with E-state index in [1.165, 1.54) is 50.2 Å². The number of anilines is 1. The second-order valence-electron chi connectivity index (χ2n) is 5.56. The molecule has 0 bridgehead atoms. The standard InChI is InChI=1S/C14H21N3/c15-14(6-7-14)5-3-12-11-13(4-8-16-12)17-9-1-2-10-17/h4,8,11H,1-3,5-7,9-10,15H2. The fourth-order valence-electron chi connectivity index (χ4n) is 2.56. The van der Waals surface area contributed by atoms with E-state index >= 15 is 0 Å². The minimum absolute atomic E-state index is 0.144. The average Bonchev–Trinajstić information content (AvgIpc) is 2.88. The molecule has 1 aliphatic heterocycles. The molecule has 0 aromatic carbocycles. The third kappa shape index (κ3) is 2.60. The van der Waals surface area contributed by atoms with Crippen LogP contribution in [-0.2, 0) is 6.42 Å². The monoisotopic (exact) mass is 231 g/mol. The van der Waals surface area contributed by atoms with Gasteiger partial charge in [-0.3, -0.25) is 4.98 Å². The van der Waals surface area contributed by atoms with Gasteiger partial charge in [0.1, 0.15) is 0 Å². The van der Waals surface area contributed by atoms with Gasteiger partial charge in [-0.05, 0) is 50.7 Å². The normalized spacial score (nSPS) is 21.8. The molecular formula is C14H21N3. The first-order chi connectivity index (χ1) is 8.25. The largest absolute Gasteiger partial charge is 0.371 e. The van der Waals surface area contributed by atoms with Crippen LogP contribution in [0.5, 0.6) is 0 Å². The van der Waals surface area contributed by atoms with Crippen molar-refractivity contribution >= 4 is 5.69 Å². The van der Waals surface area contributed by atoms with Crippen molar-refractivity contribution in [2.75, 3.05) is 18.0 Å². The first kappa shape index (κ1) is 11.0. The second-order valence-corrected chi connectivity index (χ2v) is 5.56. The molecule has 0 atom stereocenters. The van der Waals surface area contributed by atoms with Crippen molar-refractivity contribution in [1.82, 2.24) is 4.98 Å². The smallest absolute Gasteiger partial charge is 0.0424 e. The SMILES string of the molecule is NC1(CCc2cc(N3CCCC3)ccn2)CC1. The lowest BCUT2D eigenvalue weighted by Crippen LogP contribution is -2.22. The highest BCUT2D eigenvalue weighted by atomic mass is 15.1. The van der Waals surface area contributed by atoms with Crippen LogP contribution in [0, 0.1) is 0 Å². The second kappa shape index (κ2) is 4.30. The zero-order chi connectivity index (χ0) is 11.7. The minimum atomic E-state index is 0.144. The van der Waals surface area contributed by atoms with Crippen molar-refractivity contribution in [1.29, 1.82) is 0 Å². The highest BCUT2D eigenvalue weighted by molar-refractivity contribution is 5.47. The number of aromatic nitrogens is 1. The molecule has 1 aromatic heterocycles. The van der Waals surface area contributed by atoms with Gasteiger partial charge in [0.15, 0.2) is 0 Å². The summed E-state index contributed by atoms with van der Waals surface area (Å²) < 4.78 is 0. The molecule has 3 rings (SSSR count). The Labute approximate surface area is 103 Å². The Morgan fingerprint density at radius 1 is 1.29 bits per heavy atom. The van der Waals surface area contributed by atoms with Gasteiger partial charge in [0.05, 0.1) is 0 Å². The van der Waals surface area contributed by atoms with Gasteiger partial charge in [-0.25, -0.2) is 0 Å². The van der Waals surface area contributed by atoms with Crippen LogP contribution in [-0.4, -0.2) is 23.6 Å². The highest BCUT2D eigenvalue weighted by Crippen LogP contribution is 2.36. The quantitative estimate of drug-likeness (QED) is 0.863. The number of rotatable bonds is 4. The molecule has 1 saturated heterocycles. The molecular weight excluding hydrogens is 210 g/mol. The van der Waals surface area contributed by atoms with Crippen molar-refractivity contribution in [3.05, 3.63) is 24.0 Å². The van der Waals surface area contributed by atoms with Crippen LogP contribution in [0.1, 0.15) is 37.8 Å². The summed E-state index contributed by atoms with van der Waals surface area (Å²) in [6.45, 7) is 2.40. The van der Waals surface area contributed by atoms with Gasteiger partial charge in [0.25, 0.3) is 0 Å². The van der Waals surface area contributed by atoms with E-state index in [-0.39, 0.29) is 5.54 Å². The summed E-state index contributed by atoms with van der Waals surface area (Å²) in [6.07, 6.45) is 9.09. The summed E-state index contributed by atoms with van der Waals surface area (Å²) >= 11 is 0. The van der Waals surface area contributed by atoms with Crippen LogP contribution in [0.15, 0.2) is 18.3 Å². The summed E-state index contributed by atoms with van der Waals surface area (Å²) in [5.74, 6) is 0. The third-order valence-electron chi connectivity index (χ3n) is 4.04. The first-order valence-corrected chi connectivity index (χ1v) is 6.74. The Morgan fingerprint density at radius 3 is 2.76 bits per heavy atom. The number of aryl methyl sites for hydroxylation is 1. The Kier molecular flexibility index (Phi) is 2.79. The Bertz CT molecular complexity index is 392. The minimum Gasteiger partial charge on any atom is -0.371 e. The lowest BCUT2D eigenvalue weighted by Gasteiger charge is -2.18. The molecule has 1 saturated carbocycles. The molecule has 2 N–H and O–H groups in total. The van der Waals surface area contributed by atoms with Gasteiger partial charge in [0, 0.05) is 36.2 Å². The number of pyridine rings is 1. The van der Waals surface area contributed by atoms with E-state index in [9.17, 15) is 0 Å². The molecule has 92 valence electrons. The van der Waals surface area contributed by atoms with Crippen molar-refractivity contribution in [3.8, 4) is 0 Å². The highest BCUT2D eigenvalue weighted by Gasteiger charge is 2.37. The molecule has 0 unspecified atom stereocenters. The molecule has 2 heterocycles. The molecule has 0 spiro atoms. The van der Waals surface area contributed by atoms with Crippen LogP contribution >= 0.6 is 0 Å². The molecule has 17 heavy (non-hydrogen) atoms. The van der Waals surface area contributed by atoms with Gasteiger partial charge < -0.3 is 10.6 Å². The molecule has 2 fully saturated rings. The predicted octanol–water partition coefficient (Wildman–Crippen LogP) is 2.11. The Hall–Kier alpha value is -1.09.